The number of carbonyl (C=O) groups excluding carboxylic acids is 1. The average molecular weight is 264 g/mol. The van der Waals surface area contributed by atoms with Crippen molar-refractivity contribution in [2.75, 3.05) is 6.61 Å². The molecule has 0 aromatic heterocycles. The summed E-state index contributed by atoms with van der Waals surface area (Å²) in [7, 11) is 0. The lowest BCUT2D eigenvalue weighted by molar-refractivity contribution is -0.122. The van der Waals surface area contributed by atoms with E-state index in [1.165, 1.54) is 0 Å². The monoisotopic (exact) mass is 264 g/mol. The second-order valence-corrected chi connectivity index (χ2v) is 5.83. The van der Waals surface area contributed by atoms with Gasteiger partial charge in [-0.2, -0.15) is 0 Å². The van der Waals surface area contributed by atoms with Crippen molar-refractivity contribution in [3.05, 3.63) is 29.8 Å². The summed E-state index contributed by atoms with van der Waals surface area (Å²) in [6.07, 6.45) is 0. The molecule has 0 heterocycles. The number of nitrogens with one attached hydrogen (secondary N) is 1. The lowest BCUT2D eigenvalue weighted by Gasteiger charge is -2.22. The Morgan fingerprint density at radius 2 is 2.00 bits per heavy atom. The van der Waals surface area contributed by atoms with Gasteiger partial charge in [0.05, 0.1) is 12.5 Å². The molecule has 0 fully saturated rings. The van der Waals surface area contributed by atoms with Gasteiger partial charge >= 0.3 is 0 Å². The van der Waals surface area contributed by atoms with Gasteiger partial charge in [-0.3, -0.25) is 4.79 Å². The van der Waals surface area contributed by atoms with E-state index in [2.05, 4.69) is 26.1 Å². The van der Waals surface area contributed by atoms with Gasteiger partial charge in [0, 0.05) is 17.6 Å². The van der Waals surface area contributed by atoms with E-state index in [4.69, 9.17) is 10.5 Å². The molecule has 1 unspecified atom stereocenters. The topological polar surface area (TPSA) is 64.3 Å². The zero-order valence-corrected chi connectivity index (χ0v) is 12.2. The van der Waals surface area contributed by atoms with Gasteiger partial charge in [-0.05, 0) is 26.8 Å². The van der Waals surface area contributed by atoms with Crippen LogP contribution in [-0.4, -0.2) is 18.1 Å². The first-order valence-corrected chi connectivity index (χ1v) is 6.54. The van der Waals surface area contributed by atoms with Gasteiger partial charge in [-0.15, -0.1) is 0 Å². The predicted octanol–water partition coefficient (Wildman–Crippen LogP) is 2.07. The maximum absolute atomic E-state index is 11.0. The van der Waals surface area contributed by atoms with Crippen molar-refractivity contribution in [1.82, 2.24) is 5.32 Å². The first kappa shape index (κ1) is 15.5. The molecular formula is C15H24N2O2. The Morgan fingerprint density at radius 1 is 1.37 bits per heavy atom. The van der Waals surface area contributed by atoms with Gasteiger partial charge in [0.15, 0.2) is 0 Å². The Morgan fingerprint density at radius 3 is 2.58 bits per heavy atom. The summed E-state index contributed by atoms with van der Waals surface area (Å²) in [5.74, 6) is 0.168. The summed E-state index contributed by atoms with van der Waals surface area (Å²) in [5.41, 5.74) is 6.35. The molecule has 0 aliphatic carbocycles. The number of para-hydroxylation sites is 1. The summed E-state index contributed by atoms with van der Waals surface area (Å²) >= 11 is 0. The zero-order chi connectivity index (χ0) is 14.5. The second kappa shape index (κ2) is 6.57. The molecule has 1 rings (SSSR count). The molecule has 1 atom stereocenters. The number of benzene rings is 1. The Kier molecular flexibility index (Phi) is 5.36. The van der Waals surface area contributed by atoms with E-state index in [0.29, 0.717) is 6.61 Å². The highest BCUT2D eigenvalue weighted by atomic mass is 16.5. The van der Waals surface area contributed by atoms with Crippen LogP contribution in [-0.2, 0) is 11.3 Å². The standard InChI is InChI=1S/C15H24N2O2/c1-11(14(16)18)10-19-13-8-6-5-7-12(13)9-17-15(2,3)4/h5-8,11,17H,9-10H2,1-4H3,(H2,16,18). The molecule has 1 aromatic carbocycles. The molecule has 0 spiro atoms. The maximum atomic E-state index is 11.0. The molecule has 3 N–H and O–H groups in total. The van der Waals surface area contributed by atoms with Crippen LogP contribution in [0.25, 0.3) is 0 Å². The number of ether oxygens (including phenoxy) is 1. The van der Waals surface area contributed by atoms with Crippen molar-refractivity contribution in [2.45, 2.75) is 39.8 Å². The van der Waals surface area contributed by atoms with E-state index in [-0.39, 0.29) is 17.4 Å². The number of hydrogen-bond donors (Lipinski definition) is 2. The van der Waals surface area contributed by atoms with Crippen molar-refractivity contribution in [1.29, 1.82) is 0 Å². The molecular weight excluding hydrogens is 240 g/mol. The SMILES string of the molecule is CC(COc1ccccc1CNC(C)(C)C)C(N)=O. The maximum Gasteiger partial charge on any atom is 0.223 e. The van der Waals surface area contributed by atoms with Gasteiger partial charge < -0.3 is 15.8 Å². The third-order valence-corrected chi connectivity index (χ3v) is 2.76. The third kappa shape index (κ3) is 5.75. The van der Waals surface area contributed by atoms with Gasteiger partial charge in [0.1, 0.15) is 5.75 Å². The van der Waals surface area contributed by atoms with E-state index in [9.17, 15) is 4.79 Å². The number of amides is 1. The van der Waals surface area contributed by atoms with Crippen LogP contribution in [0.15, 0.2) is 24.3 Å². The van der Waals surface area contributed by atoms with Crippen LogP contribution in [0.4, 0.5) is 0 Å². The Labute approximate surface area is 115 Å². The third-order valence-electron chi connectivity index (χ3n) is 2.76. The first-order valence-electron chi connectivity index (χ1n) is 6.54. The Bertz CT molecular complexity index is 424. The predicted molar refractivity (Wildman–Crippen MR) is 76.9 cm³/mol. The summed E-state index contributed by atoms with van der Waals surface area (Å²) in [6.45, 7) is 9.15. The molecule has 0 saturated heterocycles. The van der Waals surface area contributed by atoms with Crippen molar-refractivity contribution in [3.8, 4) is 5.75 Å². The van der Waals surface area contributed by atoms with E-state index < -0.39 is 0 Å². The van der Waals surface area contributed by atoms with Crippen LogP contribution in [0.1, 0.15) is 33.3 Å². The molecule has 0 radical (unpaired) electrons. The van der Waals surface area contributed by atoms with Crippen LogP contribution in [0.2, 0.25) is 0 Å². The molecule has 1 amide bonds. The Hall–Kier alpha value is -1.55. The first-order chi connectivity index (χ1) is 8.79. The molecule has 4 nitrogen and oxygen atoms in total. The van der Waals surface area contributed by atoms with E-state index >= 15 is 0 Å². The van der Waals surface area contributed by atoms with Gasteiger partial charge in [-0.1, -0.05) is 25.1 Å². The van der Waals surface area contributed by atoms with Crippen LogP contribution >= 0.6 is 0 Å². The van der Waals surface area contributed by atoms with Crippen molar-refractivity contribution in [2.24, 2.45) is 11.7 Å². The molecule has 0 saturated carbocycles. The highest BCUT2D eigenvalue weighted by molar-refractivity contribution is 5.76. The van der Waals surface area contributed by atoms with Crippen molar-refractivity contribution >= 4 is 5.91 Å². The fourth-order valence-electron chi connectivity index (χ4n) is 1.45. The number of carbonyl (C=O) groups is 1. The Balaban J connectivity index is 2.65. The summed E-state index contributed by atoms with van der Waals surface area (Å²) < 4.78 is 5.68. The normalized spacial score (nSPS) is 13.1. The van der Waals surface area contributed by atoms with Crippen LogP contribution in [0.3, 0.4) is 0 Å². The molecule has 0 bridgehead atoms. The lowest BCUT2D eigenvalue weighted by Crippen LogP contribution is -2.35. The smallest absolute Gasteiger partial charge is 0.223 e. The van der Waals surface area contributed by atoms with Gasteiger partial charge in [0.25, 0.3) is 0 Å². The van der Waals surface area contributed by atoms with E-state index in [0.717, 1.165) is 17.9 Å². The fourth-order valence-corrected chi connectivity index (χ4v) is 1.45. The highest BCUT2D eigenvalue weighted by Gasteiger charge is 2.13. The van der Waals surface area contributed by atoms with Crippen LogP contribution < -0.4 is 15.8 Å². The van der Waals surface area contributed by atoms with Crippen LogP contribution in [0.5, 0.6) is 5.75 Å². The number of primary amides is 1. The minimum absolute atomic E-state index is 0.0492. The number of hydrogen-bond acceptors (Lipinski definition) is 3. The minimum Gasteiger partial charge on any atom is -0.492 e. The number of rotatable bonds is 6. The minimum atomic E-state index is -0.342. The number of nitrogens with two attached hydrogens (primary N) is 1. The molecule has 0 aliphatic rings. The largest absolute Gasteiger partial charge is 0.492 e. The quantitative estimate of drug-likeness (QED) is 0.826. The van der Waals surface area contributed by atoms with Crippen molar-refractivity contribution in [3.63, 3.8) is 0 Å². The highest BCUT2D eigenvalue weighted by Crippen LogP contribution is 2.19. The summed E-state index contributed by atoms with van der Waals surface area (Å²) in [6, 6.07) is 7.82. The van der Waals surface area contributed by atoms with Gasteiger partial charge in [0.2, 0.25) is 5.91 Å². The summed E-state index contributed by atoms with van der Waals surface area (Å²) in [5, 5.41) is 3.42. The molecule has 19 heavy (non-hydrogen) atoms. The second-order valence-electron chi connectivity index (χ2n) is 5.83. The average Bonchev–Trinajstić information content (AvgIpc) is 2.33. The molecule has 4 heteroatoms. The fraction of sp³-hybridized carbons (Fsp3) is 0.533. The van der Waals surface area contributed by atoms with Gasteiger partial charge in [-0.25, -0.2) is 0 Å². The summed E-state index contributed by atoms with van der Waals surface area (Å²) in [4.78, 5) is 11.0. The van der Waals surface area contributed by atoms with Crippen molar-refractivity contribution < 1.29 is 9.53 Å². The zero-order valence-electron chi connectivity index (χ0n) is 12.2. The molecule has 0 aliphatic heterocycles. The van der Waals surface area contributed by atoms with E-state index in [1.807, 2.05) is 24.3 Å². The lowest BCUT2D eigenvalue weighted by atomic mass is 10.1. The molecule has 106 valence electrons. The van der Waals surface area contributed by atoms with Crippen LogP contribution in [0, 0.1) is 5.92 Å². The van der Waals surface area contributed by atoms with E-state index in [1.54, 1.807) is 6.92 Å². The molecule has 1 aromatic rings.